The van der Waals surface area contributed by atoms with E-state index in [2.05, 4.69) is 25.9 Å². The van der Waals surface area contributed by atoms with E-state index < -0.39 is 45.6 Å². The molecule has 2 atom stereocenters. The molecule has 2 aromatic rings. The normalized spacial score (nSPS) is 18.4. The summed E-state index contributed by atoms with van der Waals surface area (Å²) >= 11 is 6.21. The zero-order chi connectivity index (χ0) is 27.5. The fraction of sp³-hybridized carbons (Fsp3) is 0.500. The second-order valence-corrected chi connectivity index (χ2v) is 11.0. The summed E-state index contributed by atoms with van der Waals surface area (Å²) in [4.78, 5) is 19.9. The van der Waals surface area contributed by atoms with Gasteiger partial charge in [0, 0.05) is 32.4 Å². The SMILES string of the molecule is CNC(=O)c1cc(OC)c(Nc2ncc(C(F)(F)F)c(NC3CCCCC3N(C)S(C)(=O)=O)n2)cc1Cl. The molecule has 1 aliphatic carbocycles. The summed E-state index contributed by atoms with van der Waals surface area (Å²) in [6.07, 6.45) is -0.646. The maximum Gasteiger partial charge on any atom is 0.421 e. The first-order valence-electron chi connectivity index (χ1n) is 11.3. The minimum Gasteiger partial charge on any atom is -0.495 e. The summed E-state index contributed by atoms with van der Waals surface area (Å²) < 4.78 is 72.1. The Labute approximate surface area is 218 Å². The average Bonchev–Trinajstić information content (AvgIpc) is 2.82. The number of amides is 1. The average molecular weight is 565 g/mol. The number of hydrogen-bond donors (Lipinski definition) is 3. The van der Waals surface area contributed by atoms with Crippen molar-refractivity contribution in [3.8, 4) is 5.75 Å². The van der Waals surface area contributed by atoms with Crippen molar-refractivity contribution >= 4 is 45.0 Å². The number of nitrogens with one attached hydrogen (secondary N) is 3. The number of anilines is 3. The van der Waals surface area contributed by atoms with Crippen molar-refractivity contribution in [3.05, 3.63) is 34.5 Å². The maximum atomic E-state index is 13.8. The summed E-state index contributed by atoms with van der Waals surface area (Å²) in [5, 5.41) is 8.14. The third kappa shape index (κ3) is 6.73. The molecule has 0 bridgehead atoms. The Bertz CT molecular complexity index is 1260. The number of sulfonamides is 1. The van der Waals surface area contributed by atoms with Crippen molar-refractivity contribution < 1.29 is 31.1 Å². The molecule has 1 aromatic carbocycles. The molecule has 0 saturated heterocycles. The molecule has 1 fully saturated rings. The number of ether oxygens (including phenoxy) is 1. The number of likely N-dealkylation sites (N-methyl/N-ethyl adjacent to an activating group) is 1. The number of nitrogens with zero attached hydrogens (tertiary/aromatic N) is 3. The van der Waals surface area contributed by atoms with Crippen LogP contribution in [0.4, 0.5) is 30.6 Å². The van der Waals surface area contributed by atoms with E-state index in [1.807, 2.05) is 0 Å². The number of carbonyl (C=O) groups excluding carboxylic acids is 1. The van der Waals surface area contributed by atoms with Gasteiger partial charge in [0.2, 0.25) is 16.0 Å². The van der Waals surface area contributed by atoms with Crippen LogP contribution in [-0.4, -0.2) is 68.1 Å². The summed E-state index contributed by atoms with van der Waals surface area (Å²) in [5.74, 6) is -0.950. The number of rotatable bonds is 8. The van der Waals surface area contributed by atoms with Gasteiger partial charge in [-0.25, -0.2) is 17.7 Å². The highest BCUT2D eigenvalue weighted by molar-refractivity contribution is 7.88. The lowest BCUT2D eigenvalue weighted by Crippen LogP contribution is -2.49. The minimum atomic E-state index is -4.76. The lowest BCUT2D eigenvalue weighted by Gasteiger charge is -2.37. The predicted molar refractivity (Wildman–Crippen MR) is 134 cm³/mol. The summed E-state index contributed by atoms with van der Waals surface area (Å²) in [6.45, 7) is 0. The second-order valence-electron chi connectivity index (χ2n) is 8.57. The van der Waals surface area contributed by atoms with Crippen LogP contribution in [0.2, 0.25) is 5.02 Å². The molecule has 3 rings (SSSR count). The summed E-state index contributed by atoms with van der Waals surface area (Å²) in [6, 6.07) is 1.60. The minimum absolute atomic E-state index is 0.0711. The van der Waals surface area contributed by atoms with Crippen LogP contribution in [0.25, 0.3) is 0 Å². The number of aromatic nitrogens is 2. The predicted octanol–water partition coefficient (Wildman–Crippen LogP) is 3.88. The third-order valence-electron chi connectivity index (χ3n) is 6.14. The van der Waals surface area contributed by atoms with E-state index in [4.69, 9.17) is 16.3 Å². The molecule has 204 valence electrons. The molecular weight excluding hydrogens is 537 g/mol. The van der Waals surface area contributed by atoms with Gasteiger partial charge in [-0.05, 0) is 25.0 Å². The van der Waals surface area contributed by atoms with Gasteiger partial charge >= 0.3 is 6.18 Å². The molecule has 1 aromatic heterocycles. The maximum absolute atomic E-state index is 13.8. The van der Waals surface area contributed by atoms with Crippen LogP contribution in [-0.2, 0) is 16.2 Å². The standard InChI is InChI=1S/C22H28ClF3N6O4S/c1-27-20(33)12-9-18(36-3)16(10-14(12)23)30-21-28-11-13(22(24,25)26)19(31-21)29-15-7-5-6-8-17(15)32(2)37(4,34)35/h9-11,15,17H,5-8H2,1-4H3,(H,27,33)(H2,28,29,30,31). The van der Waals surface area contributed by atoms with E-state index in [1.165, 1.54) is 37.6 Å². The Kier molecular flexibility index (Phi) is 8.75. The van der Waals surface area contributed by atoms with Crippen LogP contribution in [0.1, 0.15) is 41.6 Å². The number of alkyl halides is 3. The van der Waals surface area contributed by atoms with Gasteiger partial charge in [-0.2, -0.15) is 18.2 Å². The van der Waals surface area contributed by atoms with Gasteiger partial charge in [0.1, 0.15) is 17.1 Å². The molecule has 37 heavy (non-hydrogen) atoms. The summed E-state index contributed by atoms with van der Waals surface area (Å²) in [5.41, 5.74) is -0.733. The Hall–Kier alpha value is -2.84. The zero-order valence-corrected chi connectivity index (χ0v) is 22.2. The topological polar surface area (TPSA) is 126 Å². The van der Waals surface area contributed by atoms with Gasteiger partial charge in [-0.3, -0.25) is 4.79 Å². The van der Waals surface area contributed by atoms with Gasteiger partial charge in [-0.1, -0.05) is 24.4 Å². The zero-order valence-electron chi connectivity index (χ0n) is 20.6. The van der Waals surface area contributed by atoms with Crippen molar-refractivity contribution in [2.24, 2.45) is 0 Å². The summed E-state index contributed by atoms with van der Waals surface area (Å²) in [7, 11) is 0.634. The van der Waals surface area contributed by atoms with E-state index in [1.54, 1.807) is 0 Å². The van der Waals surface area contributed by atoms with Crippen LogP contribution >= 0.6 is 11.6 Å². The fourth-order valence-electron chi connectivity index (χ4n) is 4.15. The van der Waals surface area contributed by atoms with Crippen molar-refractivity contribution in [3.63, 3.8) is 0 Å². The largest absolute Gasteiger partial charge is 0.495 e. The highest BCUT2D eigenvalue weighted by atomic mass is 35.5. The van der Waals surface area contributed by atoms with Gasteiger partial charge in [-0.15, -0.1) is 0 Å². The van der Waals surface area contributed by atoms with E-state index in [0.29, 0.717) is 19.0 Å². The Morgan fingerprint density at radius 3 is 2.51 bits per heavy atom. The number of benzene rings is 1. The van der Waals surface area contributed by atoms with Crippen molar-refractivity contribution in [1.82, 2.24) is 19.6 Å². The molecule has 3 N–H and O–H groups in total. The van der Waals surface area contributed by atoms with Crippen LogP contribution in [0, 0.1) is 0 Å². The first-order valence-corrected chi connectivity index (χ1v) is 13.5. The molecule has 1 saturated carbocycles. The highest BCUT2D eigenvalue weighted by Gasteiger charge is 2.38. The molecule has 1 aliphatic rings. The molecule has 1 heterocycles. The smallest absolute Gasteiger partial charge is 0.421 e. The number of carbonyl (C=O) groups is 1. The third-order valence-corrected chi connectivity index (χ3v) is 7.77. The Morgan fingerprint density at radius 1 is 1.24 bits per heavy atom. The van der Waals surface area contributed by atoms with Gasteiger partial charge in [0.05, 0.1) is 29.6 Å². The molecule has 0 radical (unpaired) electrons. The van der Waals surface area contributed by atoms with Crippen LogP contribution in [0.5, 0.6) is 5.75 Å². The van der Waals surface area contributed by atoms with Crippen molar-refractivity contribution in [2.45, 2.75) is 43.9 Å². The highest BCUT2D eigenvalue weighted by Crippen LogP contribution is 2.37. The number of hydrogen-bond acceptors (Lipinski definition) is 8. The Balaban J connectivity index is 1.99. The first kappa shape index (κ1) is 28.7. The quantitative estimate of drug-likeness (QED) is 0.441. The van der Waals surface area contributed by atoms with E-state index in [9.17, 15) is 26.4 Å². The molecular formula is C22H28ClF3N6O4S. The molecule has 0 spiro atoms. The van der Waals surface area contributed by atoms with Crippen LogP contribution in [0.15, 0.2) is 18.3 Å². The van der Waals surface area contributed by atoms with Crippen LogP contribution < -0.4 is 20.7 Å². The van der Waals surface area contributed by atoms with Crippen LogP contribution in [0.3, 0.4) is 0 Å². The lowest BCUT2D eigenvalue weighted by molar-refractivity contribution is -0.137. The second kappa shape index (κ2) is 11.3. The molecule has 0 aliphatic heterocycles. The van der Waals surface area contributed by atoms with Crippen molar-refractivity contribution in [2.75, 3.05) is 38.1 Å². The van der Waals surface area contributed by atoms with Crippen molar-refractivity contribution in [1.29, 1.82) is 0 Å². The first-order chi connectivity index (χ1) is 17.3. The van der Waals surface area contributed by atoms with Gasteiger partial charge in [0.15, 0.2) is 0 Å². The number of halogens is 4. The fourth-order valence-corrected chi connectivity index (χ4v) is 5.14. The molecule has 15 heteroatoms. The van der Waals surface area contributed by atoms with Gasteiger partial charge < -0.3 is 20.7 Å². The van der Waals surface area contributed by atoms with E-state index in [0.717, 1.165) is 19.1 Å². The van der Waals surface area contributed by atoms with E-state index in [-0.39, 0.29) is 28.0 Å². The molecule has 2 unspecified atom stereocenters. The Morgan fingerprint density at radius 2 is 1.92 bits per heavy atom. The molecule has 10 nitrogen and oxygen atoms in total. The van der Waals surface area contributed by atoms with E-state index >= 15 is 0 Å². The number of methoxy groups -OCH3 is 1. The molecule has 1 amide bonds. The van der Waals surface area contributed by atoms with Gasteiger partial charge in [0.25, 0.3) is 5.91 Å². The monoisotopic (exact) mass is 564 g/mol. The lowest BCUT2D eigenvalue weighted by atomic mass is 9.90.